The lowest BCUT2D eigenvalue weighted by atomic mass is 9.92. The maximum atomic E-state index is 12.7. The summed E-state index contributed by atoms with van der Waals surface area (Å²) in [4.78, 5) is 14.9. The van der Waals surface area contributed by atoms with E-state index in [9.17, 15) is 4.79 Å². The molecule has 3 rings (SSSR count). The first-order valence-electron chi connectivity index (χ1n) is 7.72. The molecule has 0 radical (unpaired) electrons. The Morgan fingerprint density at radius 1 is 1.42 bits per heavy atom. The summed E-state index contributed by atoms with van der Waals surface area (Å²) in [5.74, 6) is 0.355. The van der Waals surface area contributed by atoms with Gasteiger partial charge in [0.2, 0.25) is 5.91 Å². The van der Waals surface area contributed by atoms with Gasteiger partial charge in [-0.25, -0.2) is 0 Å². The van der Waals surface area contributed by atoms with E-state index in [0.717, 1.165) is 45.1 Å². The molecule has 2 unspecified atom stereocenters. The third-order valence-electron chi connectivity index (χ3n) is 4.80. The summed E-state index contributed by atoms with van der Waals surface area (Å²) in [5.41, 5.74) is -0.276. The van der Waals surface area contributed by atoms with Gasteiger partial charge in [-0.2, -0.15) is 0 Å². The molecule has 2 saturated heterocycles. The van der Waals surface area contributed by atoms with Crippen LogP contribution in [0.25, 0.3) is 0 Å². The van der Waals surface area contributed by atoms with Gasteiger partial charge in [0.1, 0.15) is 0 Å². The maximum absolute atomic E-state index is 12.7. The van der Waals surface area contributed by atoms with Crippen molar-refractivity contribution < 1.29 is 9.53 Å². The fourth-order valence-electron chi connectivity index (χ4n) is 3.66. The molecular formula is C15H26N2O2. The first kappa shape index (κ1) is 13.4. The minimum Gasteiger partial charge on any atom is -0.375 e. The van der Waals surface area contributed by atoms with Crippen LogP contribution in [0.15, 0.2) is 0 Å². The van der Waals surface area contributed by atoms with Gasteiger partial charge in [0.25, 0.3) is 0 Å². The SMILES string of the molecule is CCCC1NC2(CC2)C(=O)N1C1CCOC(C)(C)C1. The Morgan fingerprint density at radius 2 is 2.16 bits per heavy atom. The Bertz CT molecular complexity index is 376. The molecule has 1 amide bonds. The van der Waals surface area contributed by atoms with Crippen LogP contribution in [0.2, 0.25) is 0 Å². The Labute approximate surface area is 115 Å². The van der Waals surface area contributed by atoms with Crippen molar-refractivity contribution in [3.05, 3.63) is 0 Å². The van der Waals surface area contributed by atoms with E-state index in [1.165, 1.54) is 0 Å². The van der Waals surface area contributed by atoms with Crippen molar-refractivity contribution in [1.82, 2.24) is 10.2 Å². The summed E-state index contributed by atoms with van der Waals surface area (Å²) in [6.45, 7) is 7.23. The fourth-order valence-corrected chi connectivity index (χ4v) is 3.66. The Hall–Kier alpha value is -0.610. The molecule has 0 aromatic carbocycles. The van der Waals surface area contributed by atoms with Crippen LogP contribution in [0.4, 0.5) is 0 Å². The van der Waals surface area contributed by atoms with Gasteiger partial charge in [-0.15, -0.1) is 0 Å². The predicted molar refractivity (Wildman–Crippen MR) is 73.7 cm³/mol. The second-order valence-electron chi connectivity index (χ2n) is 7.00. The minimum absolute atomic E-state index is 0.0980. The molecule has 0 aromatic rings. The van der Waals surface area contributed by atoms with E-state index in [1.54, 1.807) is 0 Å². The molecule has 4 heteroatoms. The van der Waals surface area contributed by atoms with Crippen molar-refractivity contribution in [2.75, 3.05) is 6.61 Å². The van der Waals surface area contributed by atoms with Crippen molar-refractivity contribution in [3.8, 4) is 0 Å². The van der Waals surface area contributed by atoms with Crippen molar-refractivity contribution in [2.24, 2.45) is 0 Å². The molecule has 4 nitrogen and oxygen atoms in total. The number of amides is 1. The molecule has 3 fully saturated rings. The zero-order valence-electron chi connectivity index (χ0n) is 12.4. The number of nitrogens with zero attached hydrogens (tertiary/aromatic N) is 1. The summed E-state index contributed by atoms with van der Waals surface area (Å²) < 4.78 is 5.79. The van der Waals surface area contributed by atoms with Crippen LogP contribution in [-0.4, -0.2) is 40.8 Å². The molecule has 108 valence electrons. The minimum atomic E-state index is -0.178. The van der Waals surface area contributed by atoms with Gasteiger partial charge in [-0.3, -0.25) is 10.1 Å². The predicted octanol–water partition coefficient (Wildman–Crippen LogP) is 2.03. The maximum Gasteiger partial charge on any atom is 0.244 e. The van der Waals surface area contributed by atoms with Crippen LogP contribution in [0.1, 0.15) is 59.3 Å². The first-order valence-corrected chi connectivity index (χ1v) is 7.72. The monoisotopic (exact) mass is 266 g/mol. The molecule has 1 aliphatic carbocycles. The highest BCUT2D eigenvalue weighted by molar-refractivity contribution is 5.92. The van der Waals surface area contributed by atoms with Gasteiger partial charge < -0.3 is 9.64 Å². The van der Waals surface area contributed by atoms with Crippen molar-refractivity contribution in [2.45, 2.75) is 82.6 Å². The number of carbonyl (C=O) groups is 1. The standard InChI is InChI=1S/C15H26N2O2/c1-4-5-12-16-15(7-8-15)13(18)17(12)11-6-9-19-14(2,3)10-11/h11-12,16H,4-10H2,1-3H3. The summed E-state index contributed by atoms with van der Waals surface area (Å²) in [5, 5.41) is 3.60. The number of nitrogens with one attached hydrogen (secondary N) is 1. The first-order chi connectivity index (χ1) is 8.97. The number of carbonyl (C=O) groups excluding carboxylic acids is 1. The van der Waals surface area contributed by atoms with Gasteiger partial charge in [0.05, 0.1) is 17.3 Å². The summed E-state index contributed by atoms with van der Waals surface area (Å²) in [6.07, 6.45) is 6.41. The van der Waals surface area contributed by atoms with E-state index in [0.29, 0.717) is 11.9 Å². The second kappa shape index (κ2) is 4.45. The summed E-state index contributed by atoms with van der Waals surface area (Å²) >= 11 is 0. The fraction of sp³-hybridized carbons (Fsp3) is 0.933. The Morgan fingerprint density at radius 3 is 2.74 bits per heavy atom. The van der Waals surface area contributed by atoms with E-state index in [2.05, 4.69) is 31.0 Å². The van der Waals surface area contributed by atoms with Crippen molar-refractivity contribution in [3.63, 3.8) is 0 Å². The molecule has 19 heavy (non-hydrogen) atoms. The van der Waals surface area contributed by atoms with Crippen LogP contribution in [-0.2, 0) is 9.53 Å². The van der Waals surface area contributed by atoms with E-state index in [-0.39, 0.29) is 17.3 Å². The van der Waals surface area contributed by atoms with E-state index in [4.69, 9.17) is 4.74 Å². The van der Waals surface area contributed by atoms with Crippen LogP contribution < -0.4 is 5.32 Å². The zero-order chi connectivity index (χ0) is 13.7. The third kappa shape index (κ3) is 2.29. The molecule has 1 N–H and O–H groups in total. The largest absolute Gasteiger partial charge is 0.375 e. The van der Waals surface area contributed by atoms with Gasteiger partial charge in [-0.05, 0) is 46.0 Å². The molecule has 1 spiro atoms. The third-order valence-corrected chi connectivity index (χ3v) is 4.80. The highest BCUT2D eigenvalue weighted by Crippen LogP contribution is 2.45. The van der Waals surface area contributed by atoms with Crippen LogP contribution in [0, 0.1) is 0 Å². The Kier molecular flexibility index (Phi) is 3.13. The average molecular weight is 266 g/mol. The number of rotatable bonds is 3. The van der Waals surface area contributed by atoms with E-state index in [1.807, 2.05) is 0 Å². The van der Waals surface area contributed by atoms with Gasteiger partial charge in [-0.1, -0.05) is 13.3 Å². The number of hydrogen-bond donors (Lipinski definition) is 1. The highest BCUT2D eigenvalue weighted by Gasteiger charge is 2.60. The average Bonchev–Trinajstić information content (AvgIpc) is 3.03. The molecule has 2 heterocycles. The van der Waals surface area contributed by atoms with Gasteiger partial charge in [0.15, 0.2) is 0 Å². The van der Waals surface area contributed by atoms with Crippen molar-refractivity contribution >= 4 is 5.91 Å². The molecule has 1 saturated carbocycles. The highest BCUT2D eigenvalue weighted by atomic mass is 16.5. The van der Waals surface area contributed by atoms with E-state index >= 15 is 0 Å². The lowest BCUT2D eigenvalue weighted by Crippen LogP contribution is -2.51. The zero-order valence-corrected chi connectivity index (χ0v) is 12.4. The molecular weight excluding hydrogens is 240 g/mol. The second-order valence-corrected chi connectivity index (χ2v) is 7.00. The van der Waals surface area contributed by atoms with Crippen molar-refractivity contribution in [1.29, 1.82) is 0 Å². The normalized spacial score (nSPS) is 35.9. The lowest BCUT2D eigenvalue weighted by Gasteiger charge is -2.41. The number of ether oxygens (including phenoxy) is 1. The van der Waals surface area contributed by atoms with Crippen LogP contribution >= 0.6 is 0 Å². The van der Waals surface area contributed by atoms with Gasteiger partial charge in [0, 0.05) is 12.6 Å². The molecule has 2 aliphatic heterocycles. The number of hydrogen-bond acceptors (Lipinski definition) is 3. The summed E-state index contributed by atoms with van der Waals surface area (Å²) in [7, 11) is 0. The molecule has 3 aliphatic rings. The quantitative estimate of drug-likeness (QED) is 0.850. The van der Waals surface area contributed by atoms with E-state index < -0.39 is 0 Å². The Balaban J connectivity index is 1.78. The molecule has 0 bridgehead atoms. The van der Waals surface area contributed by atoms with Gasteiger partial charge >= 0.3 is 0 Å². The topological polar surface area (TPSA) is 41.6 Å². The van der Waals surface area contributed by atoms with Crippen LogP contribution in [0.3, 0.4) is 0 Å². The smallest absolute Gasteiger partial charge is 0.244 e. The summed E-state index contributed by atoms with van der Waals surface area (Å²) in [6, 6.07) is 0.347. The van der Waals surface area contributed by atoms with Crippen LogP contribution in [0.5, 0.6) is 0 Å². The molecule has 0 aromatic heterocycles. The molecule has 2 atom stereocenters. The lowest BCUT2D eigenvalue weighted by molar-refractivity contribution is -0.139.